The predicted molar refractivity (Wildman–Crippen MR) is 65.2 cm³/mol. The Morgan fingerprint density at radius 1 is 1.32 bits per heavy atom. The molecule has 0 aromatic carbocycles. The molecular formula is C13H19NO5. The lowest BCUT2D eigenvalue weighted by Gasteiger charge is -2.35. The highest BCUT2D eigenvalue weighted by atomic mass is 16.5. The van der Waals surface area contributed by atoms with Crippen LogP contribution in [0.15, 0.2) is 0 Å². The molecule has 2 aliphatic rings. The number of rotatable bonds is 3. The van der Waals surface area contributed by atoms with Crippen LogP contribution in [0, 0.1) is 10.8 Å². The van der Waals surface area contributed by atoms with Gasteiger partial charge in [-0.25, -0.2) is 0 Å². The van der Waals surface area contributed by atoms with Crippen LogP contribution in [0.1, 0.15) is 33.1 Å². The van der Waals surface area contributed by atoms with Crippen LogP contribution >= 0.6 is 0 Å². The molecule has 0 aromatic rings. The number of aliphatic carboxylic acids is 1. The van der Waals surface area contributed by atoms with Gasteiger partial charge >= 0.3 is 5.97 Å². The van der Waals surface area contributed by atoms with E-state index in [-0.39, 0.29) is 24.8 Å². The van der Waals surface area contributed by atoms with Crippen LogP contribution in [0.5, 0.6) is 0 Å². The Hall–Kier alpha value is -1.43. The maximum atomic E-state index is 12.2. The molecule has 106 valence electrons. The van der Waals surface area contributed by atoms with E-state index in [0.717, 1.165) is 4.90 Å². The van der Waals surface area contributed by atoms with Gasteiger partial charge in [-0.2, -0.15) is 0 Å². The first-order valence-corrected chi connectivity index (χ1v) is 6.44. The molecule has 2 rings (SSSR count). The molecule has 0 aromatic heterocycles. The Bertz CT molecular complexity index is 423. The minimum atomic E-state index is -1.05. The molecule has 2 fully saturated rings. The van der Waals surface area contributed by atoms with Gasteiger partial charge in [0.1, 0.15) is 0 Å². The number of imide groups is 1. The molecule has 2 amide bonds. The summed E-state index contributed by atoms with van der Waals surface area (Å²) in [7, 11) is 0. The summed E-state index contributed by atoms with van der Waals surface area (Å²) in [6.07, 6.45) is 0.817. The summed E-state index contributed by atoms with van der Waals surface area (Å²) in [4.78, 5) is 36.7. The third-order valence-corrected chi connectivity index (χ3v) is 4.08. The van der Waals surface area contributed by atoms with Crippen molar-refractivity contribution in [3.63, 3.8) is 0 Å². The van der Waals surface area contributed by atoms with Crippen LogP contribution in [0.25, 0.3) is 0 Å². The lowest BCUT2D eigenvalue weighted by Crippen LogP contribution is -2.49. The zero-order valence-corrected chi connectivity index (χ0v) is 11.3. The standard InChI is InChI=1S/C13H19NO5/c1-12(2)7-9(15)14(10(12)16)8-13(11(17)18)3-5-19-6-4-13/h3-8H2,1-2H3,(H,17,18). The molecule has 2 aliphatic heterocycles. The summed E-state index contributed by atoms with van der Waals surface area (Å²) in [5, 5.41) is 9.45. The molecule has 2 saturated heterocycles. The minimum absolute atomic E-state index is 0.0349. The summed E-state index contributed by atoms with van der Waals surface area (Å²) in [5.74, 6) is -1.51. The summed E-state index contributed by atoms with van der Waals surface area (Å²) in [6, 6.07) is 0. The molecule has 0 bridgehead atoms. The number of amides is 2. The molecule has 0 saturated carbocycles. The van der Waals surface area contributed by atoms with Crippen LogP contribution in [0.2, 0.25) is 0 Å². The van der Waals surface area contributed by atoms with Crippen molar-refractivity contribution in [2.75, 3.05) is 19.8 Å². The zero-order valence-electron chi connectivity index (χ0n) is 11.3. The maximum Gasteiger partial charge on any atom is 0.311 e. The van der Waals surface area contributed by atoms with E-state index in [4.69, 9.17) is 4.74 Å². The van der Waals surface area contributed by atoms with E-state index in [9.17, 15) is 19.5 Å². The van der Waals surface area contributed by atoms with Gasteiger partial charge in [-0.15, -0.1) is 0 Å². The van der Waals surface area contributed by atoms with E-state index in [2.05, 4.69) is 0 Å². The lowest BCUT2D eigenvalue weighted by molar-refractivity contribution is -0.159. The smallest absolute Gasteiger partial charge is 0.311 e. The molecule has 0 aliphatic carbocycles. The fourth-order valence-electron chi connectivity index (χ4n) is 2.69. The van der Waals surface area contributed by atoms with Crippen molar-refractivity contribution < 1.29 is 24.2 Å². The lowest BCUT2D eigenvalue weighted by atomic mass is 9.79. The number of hydrogen-bond acceptors (Lipinski definition) is 4. The number of carbonyl (C=O) groups excluding carboxylic acids is 2. The van der Waals surface area contributed by atoms with Crippen LogP contribution in [0.3, 0.4) is 0 Å². The van der Waals surface area contributed by atoms with Gasteiger partial charge in [-0.3, -0.25) is 19.3 Å². The predicted octanol–water partition coefficient (Wildman–Crippen LogP) is 0.653. The van der Waals surface area contributed by atoms with E-state index in [1.165, 1.54) is 0 Å². The van der Waals surface area contributed by atoms with Gasteiger partial charge < -0.3 is 9.84 Å². The zero-order chi connectivity index (χ0) is 14.3. The minimum Gasteiger partial charge on any atom is -0.481 e. The number of nitrogens with zero attached hydrogens (tertiary/aromatic N) is 1. The van der Waals surface area contributed by atoms with Gasteiger partial charge in [-0.05, 0) is 12.8 Å². The summed E-state index contributed by atoms with van der Waals surface area (Å²) in [5.41, 5.74) is -1.77. The summed E-state index contributed by atoms with van der Waals surface area (Å²) >= 11 is 0. The largest absolute Gasteiger partial charge is 0.481 e. The van der Waals surface area contributed by atoms with Crippen molar-refractivity contribution >= 4 is 17.8 Å². The van der Waals surface area contributed by atoms with Crippen LogP contribution in [-0.4, -0.2) is 47.5 Å². The summed E-state index contributed by atoms with van der Waals surface area (Å²) < 4.78 is 5.18. The number of carboxylic acid groups (broad SMARTS) is 1. The Morgan fingerprint density at radius 2 is 1.89 bits per heavy atom. The Labute approximate surface area is 111 Å². The molecular weight excluding hydrogens is 250 g/mol. The van der Waals surface area contributed by atoms with Crippen LogP contribution in [0.4, 0.5) is 0 Å². The molecule has 0 radical (unpaired) electrons. The second-order valence-corrected chi connectivity index (χ2v) is 6.04. The first-order valence-electron chi connectivity index (χ1n) is 6.44. The SMILES string of the molecule is CC1(C)CC(=O)N(CC2(C(=O)O)CCOCC2)C1=O. The fourth-order valence-corrected chi connectivity index (χ4v) is 2.69. The van der Waals surface area contributed by atoms with E-state index in [0.29, 0.717) is 26.1 Å². The molecule has 0 spiro atoms. The molecule has 0 unspecified atom stereocenters. The monoisotopic (exact) mass is 269 g/mol. The number of carbonyl (C=O) groups is 3. The first-order chi connectivity index (χ1) is 8.78. The van der Waals surface area contributed by atoms with E-state index < -0.39 is 16.8 Å². The van der Waals surface area contributed by atoms with Crippen LogP contribution in [-0.2, 0) is 19.1 Å². The highest BCUT2D eigenvalue weighted by molar-refractivity contribution is 6.05. The van der Waals surface area contributed by atoms with Gasteiger partial charge in [0.25, 0.3) is 0 Å². The number of likely N-dealkylation sites (tertiary alicyclic amines) is 1. The second kappa shape index (κ2) is 4.59. The quantitative estimate of drug-likeness (QED) is 0.761. The van der Waals surface area contributed by atoms with Gasteiger partial charge in [0, 0.05) is 26.2 Å². The van der Waals surface area contributed by atoms with Gasteiger partial charge in [0.2, 0.25) is 11.8 Å². The normalized spacial score (nSPS) is 25.7. The molecule has 1 N–H and O–H groups in total. The van der Waals surface area contributed by atoms with Crippen molar-refractivity contribution in [2.45, 2.75) is 33.1 Å². The van der Waals surface area contributed by atoms with Crippen molar-refractivity contribution in [1.82, 2.24) is 4.90 Å². The number of hydrogen-bond donors (Lipinski definition) is 1. The van der Waals surface area contributed by atoms with Crippen molar-refractivity contribution in [3.8, 4) is 0 Å². The average molecular weight is 269 g/mol. The van der Waals surface area contributed by atoms with E-state index >= 15 is 0 Å². The highest BCUT2D eigenvalue weighted by Crippen LogP contribution is 2.37. The van der Waals surface area contributed by atoms with Crippen molar-refractivity contribution in [1.29, 1.82) is 0 Å². The van der Waals surface area contributed by atoms with E-state index in [1.807, 2.05) is 0 Å². The summed E-state index contributed by atoms with van der Waals surface area (Å²) in [6.45, 7) is 4.10. The molecule has 6 heteroatoms. The molecule has 19 heavy (non-hydrogen) atoms. The highest BCUT2D eigenvalue weighted by Gasteiger charge is 2.50. The molecule has 0 atom stereocenters. The fraction of sp³-hybridized carbons (Fsp3) is 0.769. The van der Waals surface area contributed by atoms with Gasteiger partial charge in [0.05, 0.1) is 10.8 Å². The topological polar surface area (TPSA) is 83.9 Å². The first kappa shape index (κ1) is 14.0. The second-order valence-electron chi connectivity index (χ2n) is 6.04. The van der Waals surface area contributed by atoms with Gasteiger partial charge in [0.15, 0.2) is 0 Å². The third kappa shape index (κ3) is 2.36. The van der Waals surface area contributed by atoms with Crippen molar-refractivity contribution in [3.05, 3.63) is 0 Å². The Morgan fingerprint density at radius 3 is 2.32 bits per heavy atom. The van der Waals surface area contributed by atoms with Crippen molar-refractivity contribution in [2.24, 2.45) is 10.8 Å². The number of carboxylic acids is 1. The Balaban J connectivity index is 2.21. The Kier molecular flexibility index (Phi) is 3.38. The van der Waals surface area contributed by atoms with Gasteiger partial charge in [-0.1, -0.05) is 13.8 Å². The number of ether oxygens (including phenoxy) is 1. The third-order valence-electron chi connectivity index (χ3n) is 4.08. The van der Waals surface area contributed by atoms with E-state index in [1.54, 1.807) is 13.8 Å². The van der Waals surface area contributed by atoms with Crippen LogP contribution < -0.4 is 0 Å². The molecule has 6 nitrogen and oxygen atoms in total. The maximum absolute atomic E-state index is 12.2. The average Bonchev–Trinajstić information content (AvgIpc) is 2.53. The molecule has 2 heterocycles.